The molecule has 134 valence electrons. The molecule has 1 N–H and O–H groups in total. The number of methoxy groups -OCH3 is 1. The van der Waals surface area contributed by atoms with Crippen molar-refractivity contribution in [3.05, 3.63) is 48.5 Å². The molecule has 0 bridgehead atoms. The maximum absolute atomic E-state index is 5.45. The normalized spacial score (nSPS) is 20.0. The summed E-state index contributed by atoms with van der Waals surface area (Å²) in [6, 6.07) is 17.1. The summed E-state index contributed by atoms with van der Waals surface area (Å²) in [6.07, 6.45) is 4.75. The summed E-state index contributed by atoms with van der Waals surface area (Å²) in [4.78, 5) is 3.68. The maximum atomic E-state index is 5.45. The van der Waals surface area contributed by atoms with Crippen LogP contribution in [-0.4, -0.2) is 19.2 Å². The van der Waals surface area contributed by atoms with Crippen molar-refractivity contribution in [2.75, 3.05) is 18.6 Å². The molecule has 1 atom stereocenters. The van der Waals surface area contributed by atoms with Gasteiger partial charge in [0.1, 0.15) is 5.75 Å². The molecular weight excluding hydrogens is 328 g/mol. The van der Waals surface area contributed by atoms with Crippen molar-refractivity contribution in [3.8, 4) is 5.75 Å². The lowest BCUT2D eigenvalue weighted by Gasteiger charge is -2.37. The van der Waals surface area contributed by atoms with Crippen LogP contribution >= 0.6 is 11.9 Å². The van der Waals surface area contributed by atoms with Crippen LogP contribution < -0.4 is 14.4 Å². The van der Waals surface area contributed by atoms with Crippen molar-refractivity contribution in [3.63, 3.8) is 0 Å². The van der Waals surface area contributed by atoms with Crippen molar-refractivity contribution in [2.45, 2.75) is 50.0 Å². The molecule has 1 unspecified atom stereocenters. The number of nitrogens with one attached hydrogen (secondary N) is 1. The van der Waals surface area contributed by atoms with E-state index in [-0.39, 0.29) is 5.54 Å². The number of hydrogen-bond acceptors (Lipinski definition) is 4. The van der Waals surface area contributed by atoms with Gasteiger partial charge in [-0.3, -0.25) is 4.72 Å². The standard InChI is InChI=1S/C21H28N2OS/c1-4-6-14-21(5-2)16-23(17-10-8-7-9-11-17)19-13-12-18(24-3)15-20(19)25-22-21/h7-13,15,22H,4-6,14,16H2,1-3H3. The Morgan fingerprint density at radius 1 is 1.16 bits per heavy atom. The molecule has 2 aromatic rings. The highest BCUT2D eigenvalue weighted by atomic mass is 32.2. The average Bonchev–Trinajstić information content (AvgIpc) is 2.84. The molecule has 25 heavy (non-hydrogen) atoms. The number of rotatable bonds is 6. The topological polar surface area (TPSA) is 24.5 Å². The Bertz CT molecular complexity index is 692. The molecule has 0 spiro atoms. The fraction of sp³-hybridized carbons (Fsp3) is 0.429. The Kier molecular flexibility index (Phi) is 5.92. The van der Waals surface area contributed by atoms with E-state index in [0.29, 0.717) is 0 Å². The fourth-order valence-electron chi connectivity index (χ4n) is 3.35. The third-order valence-corrected chi connectivity index (χ3v) is 6.13. The van der Waals surface area contributed by atoms with Crippen molar-refractivity contribution < 1.29 is 4.74 Å². The zero-order valence-electron chi connectivity index (χ0n) is 15.4. The Morgan fingerprint density at radius 3 is 2.64 bits per heavy atom. The van der Waals surface area contributed by atoms with E-state index in [0.717, 1.165) is 18.7 Å². The zero-order valence-corrected chi connectivity index (χ0v) is 16.2. The van der Waals surface area contributed by atoms with E-state index in [1.54, 1.807) is 19.1 Å². The number of ether oxygens (including phenoxy) is 1. The molecule has 1 aliphatic rings. The van der Waals surface area contributed by atoms with Crippen LogP contribution in [0.25, 0.3) is 0 Å². The molecule has 0 aromatic heterocycles. The Balaban J connectivity index is 2.04. The van der Waals surface area contributed by atoms with Gasteiger partial charge in [0.15, 0.2) is 0 Å². The summed E-state index contributed by atoms with van der Waals surface area (Å²) in [6.45, 7) is 5.53. The number of unbranched alkanes of at least 4 members (excludes halogenated alkanes) is 1. The lowest BCUT2D eigenvalue weighted by atomic mass is 9.90. The monoisotopic (exact) mass is 356 g/mol. The van der Waals surface area contributed by atoms with Crippen LogP contribution in [0.1, 0.15) is 39.5 Å². The van der Waals surface area contributed by atoms with Crippen LogP contribution in [0.5, 0.6) is 5.75 Å². The summed E-state index contributed by atoms with van der Waals surface area (Å²) < 4.78 is 9.25. The maximum Gasteiger partial charge on any atom is 0.120 e. The van der Waals surface area contributed by atoms with E-state index in [2.05, 4.69) is 72.0 Å². The van der Waals surface area contributed by atoms with Crippen LogP contribution in [0.3, 0.4) is 0 Å². The second-order valence-electron chi connectivity index (χ2n) is 6.70. The van der Waals surface area contributed by atoms with Crippen molar-refractivity contribution >= 4 is 23.3 Å². The van der Waals surface area contributed by atoms with E-state index in [4.69, 9.17) is 4.74 Å². The summed E-state index contributed by atoms with van der Waals surface area (Å²) in [5.74, 6) is 0.901. The minimum absolute atomic E-state index is 0.1000. The van der Waals surface area contributed by atoms with Gasteiger partial charge in [-0.15, -0.1) is 0 Å². The summed E-state index contributed by atoms with van der Waals surface area (Å²) >= 11 is 1.75. The third-order valence-electron chi connectivity index (χ3n) is 5.05. The first kappa shape index (κ1) is 18.2. The van der Waals surface area contributed by atoms with Gasteiger partial charge >= 0.3 is 0 Å². The number of fused-ring (bicyclic) bond motifs is 1. The van der Waals surface area contributed by atoms with Gasteiger partial charge in [0.2, 0.25) is 0 Å². The summed E-state index contributed by atoms with van der Waals surface area (Å²) in [7, 11) is 1.73. The minimum atomic E-state index is 0.1000. The van der Waals surface area contributed by atoms with Gasteiger partial charge < -0.3 is 9.64 Å². The summed E-state index contributed by atoms with van der Waals surface area (Å²) in [5, 5.41) is 0. The molecule has 0 amide bonds. The molecule has 0 saturated carbocycles. The number of nitrogens with zero attached hydrogens (tertiary/aromatic N) is 1. The smallest absolute Gasteiger partial charge is 0.120 e. The molecule has 1 aliphatic heterocycles. The van der Waals surface area contributed by atoms with Crippen LogP contribution in [0.4, 0.5) is 11.4 Å². The molecule has 0 fully saturated rings. The Labute approximate surface area is 155 Å². The minimum Gasteiger partial charge on any atom is -0.497 e. The first-order chi connectivity index (χ1) is 12.2. The summed E-state index contributed by atoms with van der Waals surface area (Å²) in [5.41, 5.74) is 2.59. The largest absolute Gasteiger partial charge is 0.497 e. The molecule has 3 nitrogen and oxygen atoms in total. The second-order valence-corrected chi connectivity index (χ2v) is 7.54. The fourth-order valence-corrected chi connectivity index (χ4v) is 4.45. The molecule has 4 heteroatoms. The van der Waals surface area contributed by atoms with Gasteiger partial charge in [-0.1, -0.05) is 44.9 Å². The van der Waals surface area contributed by atoms with Gasteiger partial charge in [-0.25, -0.2) is 0 Å². The Hall–Kier alpha value is -1.65. The molecule has 0 aliphatic carbocycles. The van der Waals surface area contributed by atoms with Gasteiger partial charge in [0.25, 0.3) is 0 Å². The van der Waals surface area contributed by atoms with Crippen LogP contribution in [0.15, 0.2) is 53.4 Å². The Morgan fingerprint density at radius 2 is 1.96 bits per heavy atom. The molecule has 1 heterocycles. The van der Waals surface area contributed by atoms with Crippen LogP contribution in [-0.2, 0) is 0 Å². The highest BCUT2D eigenvalue weighted by molar-refractivity contribution is 7.97. The molecule has 3 rings (SSSR count). The average molecular weight is 357 g/mol. The molecule has 0 saturated heterocycles. The molecular formula is C21H28N2OS. The zero-order chi connectivity index (χ0) is 17.7. The number of anilines is 2. The lowest BCUT2D eigenvalue weighted by molar-refractivity contribution is 0.351. The first-order valence-electron chi connectivity index (χ1n) is 9.16. The van der Waals surface area contributed by atoms with Crippen LogP contribution in [0, 0.1) is 0 Å². The predicted octanol–water partition coefficient (Wildman–Crippen LogP) is 5.78. The number of hydrogen-bond donors (Lipinski definition) is 1. The SMILES string of the molecule is CCCCC1(CC)CN(c2ccccc2)c2ccc(OC)cc2SN1. The van der Waals surface area contributed by atoms with E-state index < -0.39 is 0 Å². The van der Waals surface area contributed by atoms with Gasteiger partial charge in [-0.05, 0) is 55.1 Å². The van der Waals surface area contributed by atoms with Crippen molar-refractivity contribution in [2.24, 2.45) is 0 Å². The van der Waals surface area contributed by atoms with Crippen LogP contribution in [0.2, 0.25) is 0 Å². The van der Waals surface area contributed by atoms with E-state index in [1.807, 2.05) is 0 Å². The van der Waals surface area contributed by atoms with Gasteiger partial charge in [0.05, 0.1) is 17.7 Å². The quantitative estimate of drug-likeness (QED) is 0.663. The third kappa shape index (κ3) is 3.96. The predicted molar refractivity (Wildman–Crippen MR) is 108 cm³/mol. The van der Waals surface area contributed by atoms with E-state index in [9.17, 15) is 0 Å². The van der Waals surface area contributed by atoms with E-state index >= 15 is 0 Å². The van der Waals surface area contributed by atoms with Gasteiger partial charge in [-0.2, -0.15) is 0 Å². The number of para-hydroxylation sites is 1. The second kappa shape index (κ2) is 8.15. The molecule has 0 radical (unpaired) electrons. The highest BCUT2D eigenvalue weighted by Crippen LogP contribution is 2.42. The van der Waals surface area contributed by atoms with Crippen molar-refractivity contribution in [1.82, 2.24) is 4.72 Å². The lowest BCUT2D eigenvalue weighted by Crippen LogP contribution is -2.48. The van der Waals surface area contributed by atoms with Crippen molar-refractivity contribution in [1.29, 1.82) is 0 Å². The molecule has 2 aromatic carbocycles. The number of benzene rings is 2. The highest BCUT2D eigenvalue weighted by Gasteiger charge is 2.34. The first-order valence-corrected chi connectivity index (χ1v) is 9.97. The van der Waals surface area contributed by atoms with E-state index in [1.165, 1.54) is 35.5 Å². The van der Waals surface area contributed by atoms with Gasteiger partial charge in [0, 0.05) is 17.8 Å².